The van der Waals surface area contributed by atoms with E-state index in [1.165, 1.54) is 0 Å². The number of carbonyl (C=O) groups excluding carboxylic acids is 1. The standard InChI is InChI=1S/C16H14O2/c1-11-15(17)13-9-5-6-10-14(13)16(11,18)12-7-3-2-4-8-12/h2-11,18H,1H3/t11-,16-/m1/s1. The molecule has 0 bridgehead atoms. The van der Waals surface area contributed by atoms with Crippen molar-refractivity contribution < 1.29 is 9.90 Å². The van der Waals surface area contributed by atoms with Crippen molar-refractivity contribution in [2.24, 2.45) is 5.92 Å². The monoisotopic (exact) mass is 238 g/mol. The summed E-state index contributed by atoms with van der Waals surface area (Å²) in [5, 5.41) is 11.0. The Morgan fingerprint density at radius 1 is 1.00 bits per heavy atom. The van der Waals surface area contributed by atoms with Gasteiger partial charge in [0.2, 0.25) is 0 Å². The van der Waals surface area contributed by atoms with Gasteiger partial charge in [-0.15, -0.1) is 0 Å². The van der Waals surface area contributed by atoms with Gasteiger partial charge in [0, 0.05) is 5.56 Å². The molecule has 2 atom stereocenters. The highest BCUT2D eigenvalue weighted by molar-refractivity contribution is 6.04. The molecule has 0 saturated carbocycles. The summed E-state index contributed by atoms with van der Waals surface area (Å²) in [6.07, 6.45) is 0. The molecule has 0 aliphatic heterocycles. The van der Waals surface area contributed by atoms with Gasteiger partial charge in [-0.1, -0.05) is 61.5 Å². The largest absolute Gasteiger partial charge is 0.380 e. The first-order valence-electron chi connectivity index (χ1n) is 6.07. The minimum absolute atomic E-state index is 0.0111. The van der Waals surface area contributed by atoms with Gasteiger partial charge in [0.05, 0.1) is 5.92 Å². The maximum atomic E-state index is 12.2. The molecule has 0 unspecified atom stereocenters. The van der Waals surface area contributed by atoms with Crippen molar-refractivity contribution in [3.8, 4) is 0 Å². The third kappa shape index (κ3) is 1.30. The lowest BCUT2D eigenvalue weighted by Crippen LogP contribution is -2.32. The zero-order valence-corrected chi connectivity index (χ0v) is 10.1. The van der Waals surface area contributed by atoms with E-state index in [2.05, 4.69) is 0 Å². The molecule has 2 aromatic rings. The van der Waals surface area contributed by atoms with Gasteiger partial charge in [-0.2, -0.15) is 0 Å². The van der Waals surface area contributed by atoms with Gasteiger partial charge in [0.25, 0.3) is 0 Å². The van der Waals surface area contributed by atoms with E-state index < -0.39 is 11.5 Å². The van der Waals surface area contributed by atoms with Crippen LogP contribution < -0.4 is 0 Å². The first-order valence-corrected chi connectivity index (χ1v) is 6.07. The van der Waals surface area contributed by atoms with E-state index in [9.17, 15) is 9.90 Å². The van der Waals surface area contributed by atoms with Crippen LogP contribution in [0.4, 0.5) is 0 Å². The van der Waals surface area contributed by atoms with Crippen molar-refractivity contribution in [1.82, 2.24) is 0 Å². The summed E-state index contributed by atoms with van der Waals surface area (Å²) < 4.78 is 0. The second-order valence-corrected chi connectivity index (χ2v) is 4.76. The first kappa shape index (κ1) is 11.2. The van der Waals surface area contributed by atoms with Crippen LogP contribution in [-0.2, 0) is 5.60 Å². The fourth-order valence-electron chi connectivity index (χ4n) is 2.78. The summed E-state index contributed by atoms with van der Waals surface area (Å²) in [6.45, 7) is 1.79. The van der Waals surface area contributed by atoms with E-state index in [0.29, 0.717) is 11.1 Å². The minimum atomic E-state index is -1.20. The molecule has 0 heterocycles. The van der Waals surface area contributed by atoms with Crippen LogP contribution in [0.2, 0.25) is 0 Å². The maximum absolute atomic E-state index is 12.2. The molecule has 3 rings (SSSR count). The van der Waals surface area contributed by atoms with Gasteiger partial charge in [-0.25, -0.2) is 0 Å². The lowest BCUT2D eigenvalue weighted by atomic mass is 9.82. The van der Waals surface area contributed by atoms with Crippen LogP contribution in [-0.4, -0.2) is 10.9 Å². The molecular formula is C16H14O2. The zero-order chi connectivity index (χ0) is 12.8. The van der Waals surface area contributed by atoms with Crippen LogP contribution in [0.1, 0.15) is 28.4 Å². The molecule has 0 spiro atoms. The smallest absolute Gasteiger partial charge is 0.169 e. The molecule has 0 amide bonds. The topological polar surface area (TPSA) is 37.3 Å². The lowest BCUT2D eigenvalue weighted by molar-refractivity contribution is 0.0351. The Hall–Kier alpha value is -1.93. The number of fused-ring (bicyclic) bond motifs is 1. The van der Waals surface area contributed by atoms with Crippen molar-refractivity contribution >= 4 is 5.78 Å². The summed E-state index contributed by atoms with van der Waals surface area (Å²) in [7, 11) is 0. The molecule has 90 valence electrons. The summed E-state index contributed by atoms with van der Waals surface area (Å²) in [5.41, 5.74) is 0.926. The number of aliphatic hydroxyl groups is 1. The van der Waals surface area contributed by atoms with E-state index in [1.54, 1.807) is 13.0 Å². The van der Waals surface area contributed by atoms with Crippen molar-refractivity contribution in [2.75, 3.05) is 0 Å². The highest BCUT2D eigenvalue weighted by Gasteiger charge is 2.49. The van der Waals surface area contributed by atoms with E-state index >= 15 is 0 Å². The average Bonchev–Trinajstić information content (AvgIpc) is 2.64. The predicted molar refractivity (Wildman–Crippen MR) is 69.4 cm³/mol. The van der Waals surface area contributed by atoms with Crippen LogP contribution in [0.5, 0.6) is 0 Å². The lowest BCUT2D eigenvalue weighted by Gasteiger charge is -2.28. The van der Waals surface area contributed by atoms with Crippen molar-refractivity contribution in [3.63, 3.8) is 0 Å². The van der Waals surface area contributed by atoms with Crippen LogP contribution in [0.15, 0.2) is 54.6 Å². The van der Waals surface area contributed by atoms with Crippen LogP contribution in [0.3, 0.4) is 0 Å². The molecule has 0 fully saturated rings. The second kappa shape index (κ2) is 3.79. The number of hydrogen-bond acceptors (Lipinski definition) is 2. The van der Waals surface area contributed by atoms with E-state index in [-0.39, 0.29) is 5.78 Å². The number of hydrogen-bond donors (Lipinski definition) is 1. The van der Waals surface area contributed by atoms with Crippen LogP contribution in [0.25, 0.3) is 0 Å². The number of carbonyl (C=O) groups is 1. The molecule has 18 heavy (non-hydrogen) atoms. The van der Waals surface area contributed by atoms with Gasteiger partial charge >= 0.3 is 0 Å². The third-order valence-corrected chi connectivity index (χ3v) is 3.84. The number of rotatable bonds is 1. The SMILES string of the molecule is C[C@@H]1C(=O)c2ccccc2[C@]1(O)c1ccccc1. The predicted octanol–water partition coefficient (Wildman–Crippen LogP) is 2.75. The Bertz CT molecular complexity index is 604. The van der Waals surface area contributed by atoms with Crippen LogP contribution in [0, 0.1) is 5.92 Å². The Morgan fingerprint density at radius 2 is 1.61 bits per heavy atom. The molecular weight excluding hydrogens is 224 g/mol. The Kier molecular flexibility index (Phi) is 2.35. The highest BCUT2D eigenvalue weighted by Crippen LogP contribution is 2.45. The van der Waals surface area contributed by atoms with Gasteiger partial charge in [0.15, 0.2) is 5.78 Å². The first-order chi connectivity index (χ1) is 8.65. The van der Waals surface area contributed by atoms with Crippen molar-refractivity contribution in [2.45, 2.75) is 12.5 Å². The fraction of sp³-hybridized carbons (Fsp3) is 0.188. The van der Waals surface area contributed by atoms with Crippen molar-refractivity contribution in [1.29, 1.82) is 0 Å². The van der Waals surface area contributed by atoms with Gasteiger partial charge < -0.3 is 5.11 Å². The van der Waals surface area contributed by atoms with Gasteiger partial charge in [-0.05, 0) is 11.1 Å². The number of Topliss-reactive ketones (excluding diaryl/α,β-unsaturated/α-hetero) is 1. The van der Waals surface area contributed by atoms with Crippen molar-refractivity contribution in [3.05, 3.63) is 71.3 Å². The molecule has 2 nitrogen and oxygen atoms in total. The minimum Gasteiger partial charge on any atom is -0.380 e. The summed E-state index contributed by atoms with van der Waals surface area (Å²) in [4.78, 5) is 12.2. The maximum Gasteiger partial charge on any atom is 0.169 e. The second-order valence-electron chi connectivity index (χ2n) is 4.76. The zero-order valence-electron chi connectivity index (χ0n) is 10.1. The molecule has 1 N–H and O–H groups in total. The summed E-state index contributed by atoms with van der Waals surface area (Å²) >= 11 is 0. The average molecular weight is 238 g/mol. The summed E-state index contributed by atoms with van der Waals surface area (Å²) in [6, 6.07) is 16.7. The Morgan fingerprint density at radius 3 is 2.33 bits per heavy atom. The number of benzene rings is 2. The molecule has 1 aliphatic carbocycles. The van der Waals surface area contributed by atoms with Gasteiger partial charge in [0.1, 0.15) is 5.60 Å². The number of ketones is 1. The van der Waals surface area contributed by atoms with Crippen LogP contribution >= 0.6 is 0 Å². The molecule has 0 aromatic heterocycles. The van der Waals surface area contributed by atoms with E-state index in [0.717, 1.165) is 5.56 Å². The fourth-order valence-corrected chi connectivity index (χ4v) is 2.78. The third-order valence-electron chi connectivity index (χ3n) is 3.84. The molecule has 0 radical (unpaired) electrons. The quantitative estimate of drug-likeness (QED) is 0.829. The Labute approximate surface area is 106 Å². The van der Waals surface area contributed by atoms with E-state index in [1.807, 2.05) is 48.5 Å². The highest BCUT2D eigenvalue weighted by atomic mass is 16.3. The Balaban J connectivity index is 2.27. The molecule has 2 heteroatoms. The van der Waals surface area contributed by atoms with E-state index in [4.69, 9.17) is 0 Å². The summed E-state index contributed by atoms with van der Waals surface area (Å²) in [5.74, 6) is -0.436. The molecule has 2 aromatic carbocycles. The molecule has 1 aliphatic rings. The molecule has 0 saturated heterocycles. The van der Waals surface area contributed by atoms with Gasteiger partial charge in [-0.3, -0.25) is 4.79 Å². The normalized spacial score (nSPS) is 26.1.